The molecule has 1 saturated heterocycles. The van der Waals surface area contributed by atoms with Gasteiger partial charge in [-0.15, -0.1) is 0 Å². The van der Waals surface area contributed by atoms with Crippen LogP contribution < -0.4 is 0 Å². The van der Waals surface area contributed by atoms with E-state index in [1.165, 1.54) is 0 Å². The molecule has 3 aromatic carbocycles. The highest BCUT2D eigenvalue weighted by Crippen LogP contribution is 2.31. The third-order valence-corrected chi connectivity index (χ3v) is 9.94. The summed E-state index contributed by atoms with van der Waals surface area (Å²) in [5, 5.41) is 0. The fraction of sp³-hybridized carbons (Fsp3) is 0.538. The Morgan fingerprint density at radius 3 is 1.43 bits per heavy atom. The molecule has 5 atom stereocenters. The third-order valence-electron chi connectivity index (χ3n) is 7.80. The largest absolute Gasteiger partial charge is 0.418 e. The van der Waals surface area contributed by atoms with E-state index in [0.29, 0.717) is 52.9 Å². The molecule has 1 aliphatic heterocycles. The van der Waals surface area contributed by atoms with E-state index in [1.807, 2.05) is 66.7 Å². The lowest BCUT2D eigenvalue weighted by Crippen LogP contribution is -2.62. The first-order chi connectivity index (χ1) is 23.6. The van der Waals surface area contributed by atoms with Gasteiger partial charge in [0.05, 0.1) is 26.4 Å². The molecule has 270 valence electrons. The Kier molecular flexibility index (Phi) is 16.6. The summed E-state index contributed by atoms with van der Waals surface area (Å²) in [6.07, 6.45) is -1.14. The number of ether oxygens (including phenoxy) is 6. The highest BCUT2D eigenvalue weighted by atomic mass is 28.4. The summed E-state index contributed by atoms with van der Waals surface area (Å²) in [5.41, 5.74) is 3.17. The van der Waals surface area contributed by atoms with Crippen molar-refractivity contribution in [3.8, 4) is 0 Å². The van der Waals surface area contributed by atoms with E-state index in [1.54, 1.807) is 0 Å². The third kappa shape index (κ3) is 15.3. The van der Waals surface area contributed by atoms with Gasteiger partial charge in [0, 0.05) is 26.4 Å². The van der Waals surface area contributed by atoms with E-state index in [0.717, 1.165) is 29.5 Å². The molecular formula is C39H58O8Si2. The van der Waals surface area contributed by atoms with Crippen LogP contribution >= 0.6 is 0 Å². The summed E-state index contributed by atoms with van der Waals surface area (Å²) in [4.78, 5) is 0. The molecule has 1 fully saturated rings. The minimum Gasteiger partial charge on any atom is -0.418 e. The minimum atomic E-state index is -1.63. The van der Waals surface area contributed by atoms with Crippen LogP contribution in [0.2, 0.25) is 39.3 Å². The van der Waals surface area contributed by atoms with Crippen molar-refractivity contribution >= 4 is 16.6 Å². The standard InChI is InChI=1S/C39H58O8Si2/c1-48(2,3)45-26-16-24-40-31-35-36(41-25-17-27-46-49(4,5)6)37(42-28-32-18-10-7-11-19-32)38(43-29-33-20-12-8-13-21-33)39(47-35)44-30-34-22-14-9-15-23-34/h7-15,18-23,35-39H,16-17,24-31H2,1-6H3/t35-,36-,37+,38-,39+/m1/s1. The Morgan fingerprint density at radius 2 is 0.939 bits per heavy atom. The molecule has 0 unspecified atom stereocenters. The van der Waals surface area contributed by atoms with Crippen LogP contribution in [0.3, 0.4) is 0 Å². The van der Waals surface area contributed by atoms with Crippen LogP contribution in [0.4, 0.5) is 0 Å². The van der Waals surface area contributed by atoms with E-state index in [9.17, 15) is 0 Å². The summed E-state index contributed by atoms with van der Waals surface area (Å²) < 4.78 is 51.8. The Balaban J connectivity index is 1.57. The molecule has 0 spiro atoms. The molecule has 1 heterocycles. The van der Waals surface area contributed by atoms with Gasteiger partial charge in [0.25, 0.3) is 0 Å². The summed E-state index contributed by atoms with van der Waals surface area (Å²) in [6, 6.07) is 30.4. The van der Waals surface area contributed by atoms with Crippen molar-refractivity contribution in [1.29, 1.82) is 0 Å². The highest BCUT2D eigenvalue weighted by molar-refractivity contribution is 6.70. The summed E-state index contributed by atoms with van der Waals surface area (Å²) in [5.74, 6) is 0. The fourth-order valence-corrected chi connectivity index (χ4v) is 6.91. The maximum absolute atomic E-state index is 6.78. The lowest BCUT2D eigenvalue weighted by molar-refractivity contribution is -0.329. The zero-order valence-electron chi connectivity index (χ0n) is 30.4. The topological polar surface area (TPSA) is 73.8 Å². The van der Waals surface area contributed by atoms with E-state index >= 15 is 0 Å². The summed E-state index contributed by atoms with van der Waals surface area (Å²) in [7, 11) is -3.22. The SMILES string of the molecule is C[Si](C)(C)OCCCOC[C@H]1O[C@H](OCc2ccccc2)[C@H](OCc2ccccc2)[C@@H](OCc2ccccc2)[C@@H]1OCCCO[Si](C)(C)C. The average Bonchev–Trinajstić information content (AvgIpc) is 3.08. The zero-order chi connectivity index (χ0) is 35.0. The first-order valence-electron chi connectivity index (χ1n) is 17.7. The van der Waals surface area contributed by atoms with Crippen molar-refractivity contribution in [3.05, 3.63) is 108 Å². The second-order valence-electron chi connectivity index (χ2n) is 14.4. The Morgan fingerprint density at radius 1 is 0.490 bits per heavy atom. The van der Waals surface area contributed by atoms with Crippen molar-refractivity contribution in [3.63, 3.8) is 0 Å². The van der Waals surface area contributed by atoms with E-state index in [4.69, 9.17) is 37.3 Å². The molecule has 0 radical (unpaired) electrons. The second kappa shape index (κ2) is 20.6. The smallest absolute Gasteiger partial charge is 0.187 e. The van der Waals surface area contributed by atoms with Crippen LogP contribution in [0.1, 0.15) is 29.5 Å². The van der Waals surface area contributed by atoms with Crippen LogP contribution in [-0.2, 0) is 57.1 Å². The Hall–Kier alpha value is -2.23. The van der Waals surface area contributed by atoms with Crippen LogP contribution in [-0.4, -0.2) is 80.4 Å². The summed E-state index contributed by atoms with van der Waals surface area (Å²) in [6.45, 7) is 17.0. The first-order valence-corrected chi connectivity index (χ1v) is 24.5. The monoisotopic (exact) mass is 710 g/mol. The molecule has 0 bridgehead atoms. The van der Waals surface area contributed by atoms with Crippen LogP contribution in [0.5, 0.6) is 0 Å². The molecule has 0 aromatic heterocycles. The lowest BCUT2D eigenvalue weighted by Gasteiger charge is -2.46. The second-order valence-corrected chi connectivity index (χ2v) is 23.4. The molecule has 3 aromatic rings. The van der Waals surface area contributed by atoms with E-state index in [2.05, 4.69) is 63.5 Å². The first kappa shape index (κ1) is 39.6. The van der Waals surface area contributed by atoms with Crippen molar-refractivity contribution in [2.75, 3.05) is 33.0 Å². The molecule has 10 heteroatoms. The van der Waals surface area contributed by atoms with Gasteiger partial charge in [-0.05, 0) is 68.8 Å². The molecular weight excluding hydrogens is 653 g/mol. The highest BCUT2D eigenvalue weighted by Gasteiger charge is 2.49. The number of rotatable bonds is 22. The molecule has 49 heavy (non-hydrogen) atoms. The maximum atomic E-state index is 6.78. The van der Waals surface area contributed by atoms with Crippen molar-refractivity contribution in [1.82, 2.24) is 0 Å². The predicted molar refractivity (Wildman–Crippen MR) is 198 cm³/mol. The molecule has 0 saturated carbocycles. The van der Waals surface area contributed by atoms with Crippen molar-refractivity contribution in [2.45, 2.75) is 103 Å². The minimum absolute atomic E-state index is 0.324. The van der Waals surface area contributed by atoms with E-state index < -0.39 is 47.3 Å². The van der Waals surface area contributed by atoms with Crippen LogP contribution in [0.15, 0.2) is 91.0 Å². The quantitative estimate of drug-likeness (QED) is 0.0768. The van der Waals surface area contributed by atoms with Gasteiger partial charge >= 0.3 is 0 Å². The van der Waals surface area contributed by atoms with Gasteiger partial charge in [-0.2, -0.15) is 0 Å². The van der Waals surface area contributed by atoms with Gasteiger partial charge in [0.2, 0.25) is 0 Å². The number of hydrogen-bond donors (Lipinski definition) is 0. The Bertz CT molecular complexity index is 1290. The number of hydrogen-bond acceptors (Lipinski definition) is 8. The molecule has 0 N–H and O–H groups in total. The summed E-state index contributed by atoms with van der Waals surface area (Å²) >= 11 is 0. The predicted octanol–water partition coefficient (Wildman–Crippen LogP) is 7.98. The molecule has 4 rings (SSSR count). The van der Waals surface area contributed by atoms with Crippen LogP contribution in [0, 0.1) is 0 Å². The molecule has 8 nitrogen and oxygen atoms in total. The Labute approximate surface area is 296 Å². The van der Waals surface area contributed by atoms with Gasteiger partial charge in [0.1, 0.15) is 24.4 Å². The maximum Gasteiger partial charge on any atom is 0.187 e. The van der Waals surface area contributed by atoms with Crippen LogP contribution in [0.25, 0.3) is 0 Å². The molecule has 0 aliphatic carbocycles. The fourth-order valence-electron chi connectivity index (χ4n) is 5.40. The van der Waals surface area contributed by atoms with E-state index in [-0.39, 0.29) is 0 Å². The number of benzene rings is 3. The lowest BCUT2D eigenvalue weighted by atomic mass is 9.97. The average molecular weight is 711 g/mol. The van der Waals surface area contributed by atoms with Gasteiger partial charge in [-0.3, -0.25) is 0 Å². The normalized spacial score (nSPS) is 21.6. The van der Waals surface area contributed by atoms with Gasteiger partial charge in [0.15, 0.2) is 22.9 Å². The van der Waals surface area contributed by atoms with Gasteiger partial charge in [-0.1, -0.05) is 91.0 Å². The zero-order valence-corrected chi connectivity index (χ0v) is 32.4. The van der Waals surface area contributed by atoms with Gasteiger partial charge < -0.3 is 37.3 Å². The van der Waals surface area contributed by atoms with Crippen molar-refractivity contribution in [2.24, 2.45) is 0 Å². The molecule has 0 amide bonds. The van der Waals surface area contributed by atoms with Crippen molar-refractivity contribution < 1.29 is 37.3 Å². The molecule has 1 aliphatic rings. The van der Waals surface area contributed by atoms with Gasteiger partial charge in [-0.25, -0.2) is 0 Å².